The predicted octanol–water partition coefficient (Wildman–Crippen LogP) is 3.17. The third-order valence-electron chi connectivity index (χ3n) is 4.97. The molecule has 0 amide bonds. The molecule has 1 aromatic heterocycles. The average Bonchev–Trinajstić information content (AvgIpc) is 3.35. The quantitative estimate of drug-likeness (QED) is 0.349. The molecule has 1 aliphatic rings. The number of benzene rings is 1. The van der Waals surface area contributed by atoms with E-state index in [4.69, 9.17) is 0 Å². The number of likely N-dealkylation sites (N-methyl/N-ethyl adjacent to an activating group) is 1. The first-order valence-corrected chi connectivity index (χ1v) is 9.74. The molecule has 2 aromatic rings. The lowest BCUT2D eigenvalue weighted by atomic mass is 10.2. The second-order valence-corrected chi connectivity index (χ2v) is 6.76. The molecule has 3 rings (SSSR count). The number of imidazole rings is 1. The fourth-order valence-electron chi connectivity index (χ4n) is 3.53. The van der Waals surface area contributed by atoms with Crippen molar-refractivity contribution in [3.05, 3.63) is 48.3 Å². The number of likely N-dealkylation sites (tertiary alicyclic amines) is 1. The summed E-state index contributed by atoms with van der Waals surface area (Å²) in [4.78, 5) is 11.1. The summed E-state index contributed by atoms with van der Waals surface area (Å²) in [5.41, 5.74) is 1.33. The Kier molecular flexibility index (Phi) is 9.17. The van der Waals surface area contributed by atoms with Gasteiger partial charge in [-0.15, -0.1) is 24.0 Å². The monoisotopic (exact) mass is 500 g/mol. The molecule has 28 heavy (non-hydrogen) atoms. The molecule has 1 unspecified atom stereocenters. The van der Waals surface area contributed by atoms with Gasteiger partial charge in [0, 0.05) is 31.5 Å². The second-order valence-electron chi connectivity index (χ2n) is 6.76. The number of nitrogens with one attached hydrogen (secondary N) is 2. The van der Waals surface area contributed by atoms with Gasteiger partial charge in [0.05, 0.1) is 18.6 Å². The molecular formula is C20H30FIN6. The van der Waals surface area contributed by atoms with Crippen molar-refractivity contribution in [1.29, 1.82) is 0 Å². The number of rotatable bonds is 7. The van der Waals surface area contributed by atoms with Crippen LogP contribution in [-0.4, -0.2) is 52.6 Å². The van der Waals surface area contributed by atoms with E-state index in [9.17, 15) is 4.39 Å². The highest BCUT2D eigenvalue weighted by Crippen LogP contribution is 2.16. The minimum atomic E-state index is -0.275. The van der Waals surface area contributed by atoms with Gasteiger partial charge in [-0.1, -0.05) is 13.0 Å². The molecule has 1 atom stereocenters. The SMILES string of the molecule is CCNC(=NCc1ccc(-n2ccnc2)c(F)c1)NCC1CCCN1CC.I. The van der Waals surface area contributed by atoms with E-state index < -0.39 is 0 Å². The molecule has 0 saturated carbocycles. The zero-order valence-electron chi connectivity index (χ0n) is 16.6. The molecule has 8 heteroatoms. The van der Waals surface area contributed by atoms with Crippen LogP contribution in [0.5, 0.6) is 0 Å². The van der Waals surface area contributed by atoms with Crippen molar-refractivity contribution in [1.82, 2.24) is 25.1 Å². The molecule has 0 spiro atoms. The van der Waals surface area contributed by atoms with Crippen LogP contribution in [-0.2, 0) is 6.54 Å². The summed E-state index contributed by atoms with van der Waals surface area (Å²) >= 11 is 0. The van der Waals surface area contributed by atoms with E-state index in [0.29, 0.717) is 18.3 Å². The summed E-state index contributed by atoms with van der Waals surface area (Å²) < 4.78 is 16.0. The van der Waals surface area contributed by atoms with Gasteiger partial charge in [0.2, 0.25) is 0 Å². The van der Waals surface area contributed by atoms with Gasteiger partial charge < -0.3 is 15.2 Å². The first-order chi connectivity index (χ1) is 13.2. The Morgan fingerprint density at radius 2 is 2.18 bits per heavy atom. The van der Waals surface area contributed by atoms with Gasteiger partial charge in [-0.2, -0.15) is 0 Å². The molecule has 2 N–H and O–H groups in total. The van der Waals surface area contributed by atoms with Crippen LogP contribution in [0.4, 0.5) is 4.39 Å². The minimum absolute atomic E-state index is 0. The molecular weight excluding hydrogens is 470 g/mol. The highest BCUT2D eigenvalue weighted by molar-refractivity contribution is 14.0. The molecule has 2 heterocycles. The zero-order chi connectivity index (χ0) is 19.1. The van der Waals surface area contributed by atoms with E-state index in [0.717, 1.165) is 31.2 Å². The third-order valence-corrected chi connectivity index (χ3v) is 4.97. The molecule has 6 nitrogen and oxygen atoms in total. The minimum Gasteiger partial charge on any atom is -0.357 e. The van der Waals surface area contributed by atoms with Crippen molar-refractivity contribution < 1.29 is 4.39 Å². The van der Waals surface area contributed by atoms with E-state index >= 15 is 0 Å². The molecule has 154 valence electrons. The van der Waals surface area contributed by atoms with Crippen LogP contribution in [0.3, 0.4) is 0 Å². The lowest BCUT2D eigenvalue weighted by Crippen LogP contribution is -2.44. The van der Waals surface area contributed by atoms with Gasteiger partial charge in [0.15, 0.2) is 5.96 Å². The number of aromatic nitrogens is 2. The van der Waals surface area contributed by atoms with E-state index in [1.165, 1.54) is 25.5 Å². The third kappa shape index (κ3) is 5.91. The van der Waals surface area contributed by atoms with Gasteiger partial charge >= 0.3 is 0 Å². The predicted molar refractivity (Wildman–Crippen MR) is 122 cm³/mol. The summed E-state index contributed by atoms with van der Waals surface area (Å²) in [6.07, 6.45) is 7.44. The largest absolute Gasteiger partial charge is 0.357 e. The lowest BCUT2D eigenvalue weighted by molar-refractivity contribution is 0.267. The Hall–Kier alpha value is -1.68. The van der Waals surface area contributed by atoms with Gasteiger partial charge in [0.1, 0.15) is 5.82 Å². The number of hydrogen-bond donors (Lipinski definition) is 2. The maximum absolute atomic E-state index is 14.4. The number of hydrogen-bond acceptors (Lipinski definition) is 3. The molecule has 1 aliphatic heterocycles. The molecule has 1 saturated heterocycles. The summed E-state index contributed by atoms with van der Waals surface area (Å²) in [5, 5.41) is 6.71. The molecule has 0 bridgehead atoms. The van der Waals surface area contributed by atoms with Crippen LogP contribution in [0.1, 0.15) is 32.3 Å². The Balaban J connectivity index is 0.00000280. The van der Waals surface area contributed by atoms with Crippen molar-refractivity contribution in [2.75, 3.05) is 26.2 Å². The van der Waals surface area contributed by atoms with E-state index in [2.05, 4.69) is 32.4 Å². The Labute approximate surface area is 183 Å². The van der Waals surface area contributed by atoms with Crippen molar-refractivity contribution in [3.8, 4) is 5.69 Å². The van der Waals surface area contributed by atoms with Crippen molar-refractivity contribution >= 4 is 29.9 Å². The van der Waals surface area contributed by atoms with E-state index in [1.54, 1.807) is 29.4 Å². The average molecular weight is 500 g/mol. The highest BCUT2D eigenvalue weighted by atomic mass is 127. The van der Waals surface area contributed by atoms with Crippen molar-refractivity contribution in [2.45, 2.75) is 39.3 Å². The summed E-state index contributed by atoms with van der Waals surface area (Å²) in [6, 6.07) is 5.77. The first-order valence-electron chi connectivity index (χ1n) is 9.74. The zero-order valence-corrected chi connectivity index (χ0v) is 18.9. The van der Waals surface area contributed by atoms with Crippen LogP contribution in [0, 0.1) is 5.82 Å². The van der Waals surface area contributed by atoms with Crippen molar-refractivity contribution in [2.24, 2.45) is 4.99 Å². The van der Waals surface area contributed by atoms with Gasteiger partial charge in [-0.05, 0) is 50.6 Å². The smallest absolute Gasteiger partial charge is 0.191 e. The first kappa shape index (κ1) is 22.6. The summed E-state index contributed by atoms with van der Waals surface area (Å²) in [6.45, 7) is 8.63. The summed E-state index contributed by atoms with van der Waals surface area (Å²) in [5.74, 6) is 0.503. The molecule has 0 aliphatic carbocycles. The Morgan fingerprint density at radius 1 is 1.32 bits per heavy atom. The van der Waals surface area contributed by atoms with Gasteiger partial charge in [0.25, 0.3) is 0 Å². The maximum Gasteiger partial charge on any atom is 0.191 e. The van der Waals surface area contributed by atoms with Gasteiger partial charge in [-0.3, -0.25) is 4.90 Å². The maximum atomic E-state index is 14.4. The van der Waals surface area contributed by atoms with Crippen LogP contribution in [0.15, 0.2) is 41.9 Å². The Morgan fingerprint density at radius 3 is 2.86 bits per heavy atom. The topological polar surface area (TPSA) is 57.5 Å². The number of halogens is 2. The molecule has 1 fully saturated rings. The Bertz CT molecular complexity index is 749. The number of aliphatic imine (C=N–C) groups is 1. The molecule has 0 radical (unpaired) electrons. The normalized spacial score (nSPS) is 17.4. The van der Waals surface area contributed by atoms with Crippen LogP contribution in [0.2, 0.25) is 0 Å². The molecule has 1 aromatic carbocycles. The number of guanidine groups is 1. The fraction of sp³-hybridized carbons (Fsp3) is 0.500. The summed E-state index contributed by atoms with van der Waals surface area (Å²) in [7, 11) is 0. The highest BCUT2D eigenvalue weighted by Gasteiger charge is 2.22. The lowest BCUT2D eigenvalue weighted by Gasteiger charge is -2.24. The van der Waals surface area contributed by atoms with E-state index in [-0.39, 0.29) is 29.8 Å². The van der Waals surface area contributed by atoms with Crippen LogP contribution < -0.4 is 10.6 Å². The second kappa shape index (κ2) is 11.4. The number of nitrogens with zero attached hydrogens (tertiary/aromatic N) is 4. The van der Waals surface area contributed by atoms with Crippen molar-refractivity contribution in [3.63, 3.8) is 0 Å². The standard InChI is InChI=1S/C20H29FN6.HI/c1-3-23-20(25-14-17-6-5-10-26(17)4-2)24-13-16-7-8-19(18(21)12-16)27-11-9-22-15-27;/h7-9,11-12,15,17H,3-6,10,13-14H2,1-2H3,(H2,23,24,25);1H. The van der Waals surface area contributed by atoms with E-state index in [1.807, 2.05) is 13.0 Å². The fourth-order valence-corrected chi connectivity index (χ4v) is 3.53. The van der Waals surface area contributed by atoms with Gasteiger partial charge in [-0.25, -0.2) is 14.4 Å². The van der Waals surface area contributed by atoms with Crippen LogP contribution >= 0.6 is 24.0 Å². The van der Waals surface area contributed by atoms with Crippen LogP contribution in [0.25, 0.3) is 5.69 Å².